The molecule has 0 bridgehead atoms. The highest BCUT2D eigenvalue weighted by Crippen LogP contribution is 2.29. The van der Waals surface area contributed by atoms with Crippen molar-refractivity contribution in [2.45, 2.75) is 26.4 Å². The first-order valence-corrected chi connectivity index (χ1v) is 5.44. The van der Waals surface area contributed by atoms with Crippen LogP contribution in [0.15, 0.2) is 30.3 Å². The Hall–Kier alpha value is -1.35. The van der Waals surface area contributed by atoms with Crippen molar-refractivity contribution in [3.63, 3.8) is 0 Å². The topological polar surface area (TPSA) is 46.5 Å². The Balaban J connectivity index is 2.89. The molecule has 1 aromatic carbocycles. The SMILES string of the molecule is CCOC(=O)[C@@H](C)[C@](C)(O)c1ccccc1. The molecule has 0 aliphatic rings. The Labute approximate surface area is 96.1 Å². The molecule has 0 amide bonds. The maximum atomic E-state index is 11.6. The first kappa shape index (κ1) is 12.7. The Morgan fingerprint density at radius 1 is 1.44 bits per heavy atom. The van der Waals surface area contributed by atoms with Crippen LogP contribution in [0.5, 0.6) is 0 Å². The van der Waals surface area contributed by atoms with Gasteiger partial charge in [0.05, 0.1) is 18.1 Å². The third kappa shape index (κ3) is 2.61. The van der Waals surface area contributed by atoms with Gasteiger partial charge in [-0.05, 0) is 26.3 Å². The number of carbonyl (C=O) groups excluding carboxylic acids is 1. The average Bonchev–Trinajstić information content (AvgIpc) is 2.29. The minimum atomic E-state index is -1.20. The van der Waals surface area contributed by atoms with E-state index in [0.717, 1.165) is 5.56 Å². The van der Waals surface area contributed by atoms with Crippen molar-refractivity contribution in [1.29, 1.82) is 0 Å². The van der Waals surface area contributed by atoms with Gasteiger partial charge in [0.15, 0.2) is 0 Å². The largest absolute Gasteiger partial charge is 0.466 e. The standard InChI is InChI=1S/C13H18O3/c1-4-16-12(14)10(2)13(3,15)11-8-6-5-7-9-11/h5-10,15H,4H2,1-3H3/t10-,13+/m1/s1. The summed E-state index contributed by atoms with van der Waals surface area (Å²) in [6.45, 7) is 5.38. The fourth-order valence-electron chi connectivity index (χ4n) is 1.52. The van der Waals surface area contributed by atoms with Crippen LogP contribution in [0.2, 0.25) is 0 Å². The fourth-order valence-corrected chi connectivity index (χ4v) is 1.52. The number of aliphatic hydroxyl groups is 1. The van der Waals surface area contributed by atoms with Crippen LogP contribution in [0.1, 0.15) is 26.3 Å². The summed E-state index contributed by atoms with van der Waals surface area (Å²) in [6.07, 6.45) is 0. The van der Waals surface area contributed by atoms with Gasteiger partial charge in [0, 0.05) is 0 Å². The molecule has 1 aromatic rings. The lowest BCUT2D eigenvalue weighted by Crippen LogP contribution is -2.36. The van der Waals surface area contributed by atoms with E-state index in [-0.39, 0.29) is 5.97 Å². The number of esters is 1. The molecule has 2 atom stereocenters. The van der Waals surface area contributed by atoms with Crippen LogP contribution in [0.3, 0.4) is 0 Å². The highest BCUT2D eigenvalue weighted by atomic mass is 16.5. The van der Waals surface area contributed by atoms with E-state index in [1.165, 1.54) is 0 Å². The molecule has 1 N–H and O–H groups in total. The summed E-state index contributed by atoms with van der Waals surface area (Å²) in [5.41, 5.74) is -0.483. The summed E-state index contributed by atoms with van der Waals surface area (Å²) < 4.78 is 4.91. The molecule has 88 valence electrons. The van der Waals surface area contributed by atoms with Gasteiger partial charge in [0.1, 0.15) is 0 Å². The smallest absolute Gasteiger partial charge is 0.311 e. The zero-order valence-electron chi connectivity index (χ0n) is 9.93. The van der Waals surface area contributed by atoms with Crippen LogP contribution < -0.4 is 0 Å². The summed E-state index contributed by atoms with van der Waals surface area (Å²) in [5, 5.41) is 10.4. The van der Waals surface area contributed by atoms with E-state index in [9.17, 15) is 9.90 Å². The van der Waals surface area contributed by atoms with Crippen LogP contribution in [0, 0.1) is 5.92 Å². The molecule has 0 saturated heterocycles. The van der Waals surface area contributed by atoms with Crippen molar-refractivity contribution in [3.8, 4) is 0 Å². The van der Waals surface area contributed by atoms with Crippen LogP contribution in [-0.4, -0.2) is 17.7 Å². The molecular weight excluding hydrogens is 204 g/mol. The molecule has 0 spiro atoms. The van der Waals surface area contributed by atoms with E-state index in [1.807, 2.05) is 18.2 Å². The number of rotatable bonds is 4. The van der Waals surface area contributed by atoms with Gasteiger partial charge in [-0.15, -0.1) is 0 Å². The average molecular weight is 222 g/mol. The van der Waals surface area contributed by atoms with Crippen LogP contribution in [0.4, 0.5) is 0 Å². The number of ether oxygens (including phenoxy) is 1. The molecule has 1 rings (SSSR count). The minimum absolute atomic E-state index is 0.327. The third-order valence-electron chi connectivity index (χ3n) is 2.84. The number of hydrogen-bond donors (Lipinski definition) is 1. The van der Waals surface area contributed by atoms with Gasteiger partial charge in [-0.25, -0.2) is 0 Å². The number of benzene rings is 1. The second-order valence-electron chi connectivity index (χ2n) is 3.99. The first-order chi connectivity index (χ1) is 7.50. The maximum Gasteiger partial charge on any atom is 0.311 e. The van der Waals surface area contributed by atoms with Crippen molar-refractivity contribution >= 4 is 5.97 Å². The lowest BCUT2D eigenvalue weighted by Gasteiger charge is -2.29. The molecule has 3 heteroatoms. The van der Waals surface area contributed by atoms with Gasteiger partial charge in [-0.1, -0.05) is 30.3 Å². The Morgan fingerprint density at radius 3 is 2.50 bits per heavy atom. The van der Waals surface area contributed by atoms with E-state index in [1.54, 1.807) is 32.9 Å². The third-order valence-corrected chi connectivity index (χ3v) is 2.84. The molecule has 0 fully saturated rings. The van der Waals surface area contributed by atoms with E-state index in [2.05, 4.69) is 0 Å². The summed E-state index contributed by atoms with van der Waals surface area (Å²) >= 11 is 0. The van der Waals surface area contributed by atoms with Crippen molar-refractivity contribution in [1.82, 2.24) is 0 Å². The quantitative estimate of drug-likeness (QED) is 0.793. The molecule has 0 aliphatic carbocycles. The molecule has 0 radical (unpaired) electrons. The molecule has 16 heavy (non-hydrogen) atoms. The van der Waals surface area contributed by atoms with E-state index in [4.69, 9.17) is 4.74 Å². The fraction of sp³-hybridized carbons (Fsp3) is 0.462. The predicted molar refractivity (Wildman–Crippen MR) is 61.8 cm³/mol. The van der Waals surface area contributed by atoms with Gasteiger partial charge in [0.2, 0.25) is 0 Å². The highest BCUT2D eigenvalue weighted by molar-refractivity contribution is 5.73. The molecule has 0 aromatic heterocycles. The number of hydrogen-bond acceptors (Lipinski definition) is 3. The molecular formula is C13H18O3. The van der Waals surface area contributed by atoms with Crippen LogP contribution in [0.25, 0.3) is 0 Å². The maximum absolute atomic E-state index is 11.6. The summed E-state index contributed by atoms with van der Waals surface area (Å²) in [5.74, 6) is -0.966. The van der Waals surface area contributed by atoms with Gasteiger partial charge in [0.25, 0.3) is 0 Å². The van der Waals surface area contributed by atoms with Gasteiger partial charge in [-0.3, -0.25) is 4.79 Å². The monoisotopic (exact) mass is 222 g/mol. The highest BCUT2D eigenvalue weighted by Gasteiger charge is 2.36. The molecule has 0 heterocycles. The van der Waals surface area contributed by atoms with Crippen molar-refractivity contribution in [3.05, 3.63) is 35.9 Å². The lowest BCUT2D eigenvalue weighted by molar-refractivity contribution is -0.156. The summed E-state index contributed by atoms with van der Waals surface area (Å²) in [7, 11) is 0. The molecule has 0 saturated carbocycles. The van der Waals surface area contributed by atoms with E-state index >= 15 is 0 Å². The predicted octanol–water partition coefficient (Wildman–Crippen LogP) is 2.09. The summed E-state index contributed by atoms with van der Waals surface area (Å²) in [4.78, 5) is 11.6. The normalized spacial score (nSPS) is 16.2. The van der Waals surface area contributed by atoms with Crippen LogP contribution in [-0.2, 0) is 15.1 Å². The van der Waals surface area contributed by atoms with Crippen molar-refractivity contribution < 1.29 is 14.6 Å². The van der Waals surface area contributed by atoms with Crippen molar-refractivity contribution in [2.24, 2.45) is 5.92 Å². The van der Waals surface area contributed by atoms with Gasteiger partial charge < -0.3 is 9.84 Å². The van der Waals surface area contributed by atoms with E-state index < -0.39 is 11.5 Å². The Bertz CT molecular complexity index is 343. The molecule has 3 nitrogen and oxygen atoms in total. The van der Waals surface area contributed by atoms with Gasteiger partial charge in [-0.2, -0.15) is 0 Å². The summed E-state index contributed by atoms with van der Waals surface area (Å²) in [6, 6.07) is 9.14. The lowest BCUT2D eigenvalue weighted by atomic mass is 9.84. The minimum Gasteiger partial charge on any atom is -0.466 e. The Kier molecular flexibility index (Phi) is 4.07. The number of carbonyl (C=O) groups is 1. The van der Waals surface area contributed by atoms with Crippen LogP contribution >= 0.6 is 0 Å². The second kappa shape index (κ2) is 5.12. The zero-order valence-corrected chi connectivity index (χ0v) is 9.93. The first-order valence-electron chi connectivity index (χ1n) is 5.44. The molecule has 0 aliphatic heterocycles. The van der Waals surface area contributed by atoms with Crippen molar-refractivity contribution in [2.75, 3.05) is 6.61 Å². The molecule has 0 unspecified atom stereocenters. The van der Waals surface area contributed by atoms with Gasteiger partial charge >= 0.3 is 5.97 Å². The Morgan fingerprint density at radius 2 is 2.00 bits per heavy atom. The van der Waals surface area contributed by atoms with E-state index in [0.29, 0.717) is 6.61 Å². The zero-order chi connectivity index (χ0) is 12.2. The second-order valence-corrected chi connectivity index (χ2v) is 3.99.